The highest BCUT2D eigenvalue weighted by Gasteiger charge is 2.92. The van der Waals surface area contributed by atoms with Crippen molar-refractivity contribution in [1.29, 1.82) is 0 Å². The fourth-order valence-corrected chi connectivity index (χ4v) is 3.47. The van der Waals surface area contributed by atoms with E-state index in [1.807, 2.05) is 0 Å². The Balaban J connectivity index is 1.77. The van der Waals surface area contributed by atoms with Gasteiger partial charge in [-0.3, -0.25) is 4.52 Å². The summed E-state index contributed by atoms with van der Waals surface area (Å²) in [4.78, 5) is 0. The van der Waals surface area contributed by atoms with Crippen LogP contribution < -0.4 is 0 Å². The molecule has 0 saturated carbocycles. The van der Waals surface area contributed by atoms with E-state index in [-0.39, 0.29) is 0 Å². The number of fused-ring (bicyclic) bond motifs is 1. The van der Waals surface area contributed by atoms with E-state index in [1.54, 1.807) is 0 Å². The second-order valence-electron chi connectivity index (χ2n) is 2.78. The van der Waals surface area contributed by atoms with Crippen LogP contribution in [0.4, 0.5) is 0 Å². The molecule has 0 aromatic heterocycles. The molecule has 72 valence electrons. The minimum absolute atomic E-state index is 1.35. The molecule has 0 radical (unpaired) electrons. The normalized spacial score (nSPS) is 72.5. The van der Waals surface area contributed by atoms with Gasteiger partial charge in [-0.25, -0.2) is 22.6 Å². The third-order valence-corrected chi connectivity index (χ3v) is 4.41. The zero-order valence-corrected chi connectivity index (χ0v) is 7.53. The number of hydrogen-bond acceptors (Lipinski definition) is 8. The first-order valence-corrected chi connectivity index (χ1v) is 5.46. The Bertz CT molecular complexity index is 285. The van der Waals surface area contributed by atoms with E-state index < -0.39 is 34.9 Å². The van der Waals surface area contributed by atoms with Crippen molar-refractivity contribution < 1.29 is 37.4 Å². The van der Waals surface area contributed by atoms with Crippen LogP contribution in [0.25, 0.3) is 0 Å². The van der Waals surface area contributed by atoms with E-state index in [2.05, 4.69) is 0 Å². The van der Waals surface area contributed by atoms with Crippen LogP contribution in [0.1, 0.15) is 0 Å². The first-order chi connectivity index (χ1) is 6.07. The van der Waals surface area contributed by atoms with E-state index in [9.17, 15) is 10.2 Å². The van der Waals surface area contributed by atoms with Crippen LogP contribution in [0.3, 0.4) is 0 Å². The molecular formula is C3H2O8P2. The van der Waals surface area contributed by atoms with Gasteiger partial charge in [-0.1, -0.05) is 0 Å². The zero-order valence-electron chi connectivity index (χ0n) is 5.74. The molecule has 1 atom stereocenters. The van der Waals surface area contributed by atoms with Crippen molar-refractivity contribution >= 4 is 17.2 Å². The first-order valence-electron chi connectivity index (χ1n) is 3.27. The summed E-state index contributed by atoms with van der Waals surface area (Å²) >= 11 is 0. The molecule has 8 nitrogen and oxygen atoms in total. The van der Waals surface area contributed by atoms with Crippen LogP contribution >= 0.6 is 17.2 Å². The maximum absolute atomic E-state index is 9.81. The lowest BCUT2D eigenvalue weighted by atomic mass is 10.2. The second kappa shape index (κ2) is 1.79. The molecule has 10 heteroatoms. The maximum atomic E-state index is 9.81. The van der Waals surface area contributed by atoms with Gasteiger partial charge in [-0.2, -0.15) is 0 Å². The zero-order chi connectivity index (χ0) is 8.90. The first kappa shape index (κ1) is 7.78. The summed E-state index contributed by atoms with van der Waals surface area (Å²) < 4.78 is 28.9. The molecule has 0 aromatic rings. The number of rotatable bonds is 1. The molecule has 0 aromatic carbocycles. The standard InChI is InChI=1S/C3H2O8P2/c4-1(3-9-13(10-3)11-3)2(5)7-12(6-1)8-2/h4-5H. The molecule has 6 aliphatic heterocycles. The smallest absolute Gasteiger partial charge is 0.353 e. The molecule has 13 heavy (non-hydrogen) atoms. The predicted octanol–water partition coefficient (Wildman–Crippen LogP) is -0.417. The minimum Gasteiger partial charge on any atom is -0.353 e. The Hall–Kier alpha value is 0.540. The molecule has 1 unspecified atom stereocenters. The summed E-state index contributed by atoms with van der Waals surface area (Å²) in [6.45, 7) is 0. The number of hydrogen-bond donors (Lipinski definition) is 2. The monoisotopic (exact) mass is 228 g/mol. The van der Waals surface area contributed by atoms with E-state index in [0.717, 1.165) is 0 Å². The van der Waals surface area contributed by atoms with Crippen molar-refractivity contribution in [3.05, 3.63) is 0 Å². The van der Waals surface area contributed by atoms with Gasteiger partial charge in [0.25, 0.3) is 0 Å². The van der Waals surface area contributed by atoms with Crippen molar-refractivity contribution in [2.45, 2.75) is 17.7 Å². The van der Waals surface area contributed by atoms with Crippen LogP contribution in [0.5, 0.6) is 0 Å². The molecule has 0 amide bonds. The molecule has 2 N–H and O–H groups in total. The average Bonchev–Trinajstić information content (AvgIpc) is 2.05. The van der Waals surface area contributed by atoms with Crippen LogP contribution in [0, 0.1) is 0 Å². The van der Waals surface area contributed by atoms with Crippen molar-refractivity contribution in [2.75, 3.05) is 0 Å². The summed E-state index contributed by atoms with van der Waals surface area (Å²) in [5, 5.41) is 19.3. The van der Waals surface area contributed by atoms with E-state index >= 15 is 0 Å². The maximum Gasteiger partial charge on any atom is 0.369 e. The fourth-order valence-electron chi connectivity index (χ4n) is 1.29. The van der Waals surface area contributed by atoms with Crippen LogP contribution in [0.15, 0.2) is 0 Å². The van der Waals surface area contributed by atoms with Gasteiger partial charge in [0.15, 0.2) is 0 Å². The highest BCUT2D eigenvalue weighted by molar-refractivity contribution is 7.45. The highest BCUT2D eigenvalue weighted by atomic mass is 31.2. The molecule has 6 fully saturated rings. The molecular weight excluding hydrogens is 226 g/mol. The van der Waals surface area contributed by atoms with Crippen LogP contribution in [0.2, 0.25) is 0 Å². The lowest BCUT2D eigenvalue weighted by Gasteiger charge is -2.59. The quantitative estimate of drug-likeness (QED) is 0.584. The molecule has 6 rings (SSSR count). The highest BCUT2D eigenvalue weighted by Crippen LogP contribution is 2.83. The average molecular weight is 228 g/mol. The van der Waals surface area contributed by atoms with E-state index in [4.69, 9.17) is 27.1 Å². The Morgan fingerprint density at radius 2 is 1.31 bits per heavy atom. The van der Waals surface area contributed by atoms with Crippen molar-refractivity contribution in [1.82, 2.24) is 0 Å². The van der Waals surface area contributed by atoms with Crippen molar-refractivity contribution in [3.63, 3.8) is 0 Å². The van der Waals surface area contributed by atoms with E-state index in [1.165, 1.54) is 0 Å². The van der Waals surface area contributed by atoms with Gasteiger partial charge in [-0.05, 0) is 0 Å². The minimum atomic E-state index is -2.25. The Labute approximate surface area is 73.2 Å². The summed E-state index contributed by atoms with van der Waals surface area (Å²) in [5.74, 6) is -6.25. The topological polar surface area (TPSA) is 95.8 Å². The lowest BCUT2D eigenvalue weighted by molar-refractivity contribution is -0.549. The van der Waals surface area contributed by atoms with Gasteiger partial charge >= 0.3 is 34.9 Å². The van der Waals surface area contributed by atoms with Crippen LogP contribution in [-0.2, 0) is 27.1 Å². The predicted molar refractivity (Wildman–Crippen MR) is 33.0 cm³/mol. The molecule has 0 aliphatic carbocycles. The summed E-state index contributed by atoms with van der Waals surface area (Å²) in [5.41, 5.74) is 0. The Morgan fingerprint density at radius 3 is 1.62 bits per heavy atom. The van der Waals surface area contributed by atoms with Gasteiger partial charge in [0.1, 0.15) is 0 Å². The van der Waals surface area contributed by atoms with Gasteiger partial charge in [0, 0.05) is 0 Å². The Morgan fingerprint density at radius 1 is 0.769 bits per heavy atom. The Kier molecular flexibility index (Phi) is 1.07. The molecule has 0 spiro atoms. The molecule has 6 aliphatic rings. The second-order valence-corrected chi connectivity index (χ2v) is 4.77. The van der Waals surface area contributed by atoms with Crippen LogP contribution in [-0.4, -0.2) is 27.9 Å². The summed E-state index contributed by atoms with van der Waals surface area (Å²) in [6, 6.07) is 0. The van der Waals surface area contributed by atoms with Crippen molar-refractivity contribution in [3.8, 4) is 0 Å². The molecule has 4 bridgehead atoms. The summed E-state index contributed by atoms with van der Waals surface area (Å²) in [7, 11) is -3.05. The largest absolute Gasteiger partial charge is 0.369 e. The van der Waals surface area contributed by atoms with Gasteiger partial charge in [-0.15, -0.1) is 0 Å². The summed E-state index contributed by atoms with van der Waals surface area (Å²) in [6.07, 6.45) is 0. The third-order valence-electron chi connectivity index (χ3n) is 2.03. The molecule has 6 heterocycles. The van der Waals surface area contributed by atoms with Gasteiger partial charge in [0.05, 0.1) is 0 Å². The third kappa shape index (κ3) is 0.591. The van der Waals surface area contributed by atoms with Gasteiger partial charge in [0.2, 0.25) is 0 Å². The number of aliphatic hydroxyl groups is 2. The lowest BCUT2D eigenvalue weighted by Crippen LogP contribution is -2.76. The van der Waals surface area contributed by atoms with Gasteiger partial charge < -0.3 is 10.2 Å². The van der Waals surface area contributed by atoms with Crippen molar-refractivity contribution in [2.24, 2.45) is 0 Å². The fraction of sp³-hybridized carbons (Fsp3) is 1.00. The SMILES string of the molecule is OC12OP(O1)OC2(O)C12OP(O1)O2. The molecule has 6 saturated heterocycles. The van der Waals surface area contributed by atoms with E-state index in [0.29, 0.717) is 0 Å².